The lowest BCUT2D eigenvalue weighted by molar-refractivity contribution is -0.138. The van der Waals surface area contributed by atoms with Gasteiger partial charge < -0.3 is 9.64 Å². The first-order valence-corrected chi connectivity index (χ1v) is 7.34. The molecule has 0 aromatic rings. The van der Waals surface area contributed by atoms with Gasteiger partial charge in [0, 0.05) is 25.4 Å². The zero-order chi connectivity index (χ0) is 11.8. The second kappa shape index (κ2) is 4.33. The molecular formula is C10H17NO4S. The van der Waals surface area contributed by atoms with Crippen molar-refractivity contribution in [3.05, 3.63) is 0 Å². The highest BCUT2D eigenvalue weighted by Gasteiger charge is 2.41. The fourth-order valence-electron chi connectivity index (χ4n) is 2.07. The second-order valence-electron chi connectivity index (χ2n) is 4.38. The van der Waals surface area contributed by atoms with E-state index in [1.165, 1.54) is 0 Å². The van der Waals surface area contributed by atoms with Crippen molar-refractivity contribution in [3.8, 4) is 0 Å². The number of amides is 1. The van der Waals surface area contributed by atoms with Gasteiger partial charge in [0.05, 0.1) is 17.8 Å². The van der Waals surface area contributed by atoms with E-state index in [1.807, 2.05) is 0 Å². The number of rotatable bonds is 3. The van der Waals surface area contributed by atoms with Crippen LogP contribution in [0.4, 0.5) is 0 Å². The van der Waals surface area contributed by atoms with E-state index in [2.05, 4.69) is 0 Å². The van der Waals surface area contributed by atoms with Crippen LogP contribution in [0.15, 0.2) is 0 Å². The molecule has 1 atom stereocenters. The van der Waals surface area contributed by atoms with Crippen LogP contribution in [0.3, 0.4) is 0 Å². The molecule has 16 heavy (non-hydrogen) atoms. The minimum absolute atomic E-state index is 0.0507. The van der Waals surface area contributed by atoms with Crippen LogP contribution in [0.5, 0.6) is 0 Å². The molecule has 0 aromatic heterocycles. The molecule has 6 heteroatoms. The molecule has 0 bridgehead atoms. The van der Waals surface area contributed by atoms with Gasteiger partial charge in [-0.25, -0.2) is 8.42 Å². The molecule has 5 nitrogen and oxygen atoms in total. The van der Waals surface area contributed by atoms with Crippen molar-refractivity contribution in [2.24, 2.45) is 5.92 Å². The van der Waals surface area contributed by atoms with Crippen molar-refractivity contribution in [1.82, 2.24) is 4.90 Å². The van der Waals surface area contributed by atoms with Gasteiger partial charge in [0.1, 0.15) is 0 Å². The molecule has 0 saturated carbocycles. The molecule has 0 radical (unpaired) electrons. The van der Waals surface area contributed by atoms with Gasteiger partial charge in [-0.05, 0) is 6.42 Å². The van der Waals surface area contributed by atoms with E-state index in [4.69, 9.17) is 4.74 Å². The summed E-state index contributed by atoms with van der Waals surface area (Å²) in [5, 5.41) is -0.344. The van der Waals surface area contributed by atoms with Crippen LogP contribution in [-0.4, -0.2) is 56.5 Å². The second-order valence-corrected chi connectivity index (χ2v) is 6.95. The number of likely N-dealkylation sites (tertiary alicyclic amines) is 1. The van der Waals surface area contributed by atoms with Gasteiger partial charge in [0.25, 0.3) is 0 Å². The molecule has 2 aliphatic heterocycles. The molecular weight excluding hydrogens is 230 g/mol. The van der Waals surface area contributed by atoms with Gasteiger partial charge in [-0.15, -0.1) is 0 Å². The third-order valence-corrected chi connectivity index (χ3v) is 5.47. The topological polar surface area (TPSA) is 63.7 Å². The zero-order valence-corrected chi connectivity index (χ0v) is 10.2. The minimum Gasteiger partial charge on any atom is -0.381 e. The number of nitrogens with zero attached hydrogens (tertiary/aromatic N) is 1. The predicted molar refractivity (Wildman–Crippen MR) is 58.8 cm³/mol. The fraction of sp³-hybridized carbons (Fsp3) is 0.900. The average Bonchev–Trinajstić information content (AvgIpc) is 2.67. The minimum atomic E-state index is -2.98. The fourth-order valence-corrected chi connectivity index (χ4v) is 3.35. The highest BCUT2D eigenvalue weighted by atomic mass is 32.2. The van der Waals surface area contributed by atoms with Crippen molar-refractivity contribution < 1.29 is 17.9 Å². The Morgan fingerprint density at radius 2 is 2.12 bits per heavy atom. The van der Waals surface area contributed by atoms with Crippen molar-refractivity contribution in [2.45, 2.75) is 18.6 Å². The van der Waals surface area contributed by atoms with Crippen LogP contribution < -0.4 is 0 Å². The van der Waals surface area contributed by atoms with Crippen LogP contribution in [0.2, 0.25) is 0 Å². The first-order chi connectivity index (χ1) is 7.54. The van der Waals surface area contributed by atoms with Crippen molar-refractivity contribution >= 4 is 15.7 Å². The third-order valence-electron chi connectivity index (χ3n) is 3.35. The Kier molecular flexibility index (Phi) is 3.21. The van der Waals surface area contributed by atoms with E-state index in [-0.39, 0.29) is 22.8 Å². The SMILES string of the molecule is CCS(=O)(=O)C1CN(C(=O)C2CCOC2)C1. The number of hydrogen-bond acceptors (Lipinski definition) is 4. The van der Waals surface area contributed by atoms with Crippen molar-refractivity contribution in [2.75, 3.05) is 32.1 Å². The highest BCUT2D eigenvalue weighted by Crippen LogP contribution is 2.22. The summed E-state index contributed by atoms with van der Waals surface area (Å²) in [6.45, 7) is 3.50. The zero-order valence-electron chi connectivity index (χ0n) is 9.39. The molecule has 1 amide bonds. The molecule has 2 rings (SSSR count). The van der Waals surface area contributed by atoms with Crippen LogP contribution in [0.25, 0.3) is 0 Å². The van der Waals surface area contributed by atoms with Gasteiger partial charge in [0.2, 0.25) is 5.91 Å². The summed E-state index contributed by atoms with van der Waals surface area (Å²) >= 11 is 0. The number of sulfone groups is 1. The molecule has 0 aliphatic carbocycles. The van der Waals surface area contributed by atoms with Gasteiger partial charge in [0.15, 0.2) is 9.84 Å². The number of hydrogen-bond donors (Lipinski definition) is 0. The Labute approximate surface area is 95.7 Å². The molecule has 2 aliphatic rings. The third kappa shape index (κ3) is 2.08. The lowest BCUT2D eigenvalue weighted by Crippen LogP contribution is -2.58. The lowest BCUT2D eigenvalue weighted by Gasteiger charge is -2.39. The van der Waals surface area contributed by atoms with Crippen LogP contribution >= 0.6 is 0 Å². The molecule has 0 N–H and O–H groups in total. The maximum absolute atomic E-state index is 11.8. The van der Waals surface area contributed by atoms with Crippen LogP contribution in [0, 0.1) is 5.92 Å². The summed E-state index contributed by atoms with van der Waals surface area (Å²) in [7, 11) is -2.98. The molecule has 1 unspecified atom stereocenters. The van der Waals surface area contributed by atoms with E-state index >= 15 is 0 Å². The summed E-state index contributed by atoms with van der Waals surface area (Å²) in [5.74, 6) is 0.164. The summed E-state index contributed by atoms with van der Waals surface area (Å²) < 4.78 is 28.2. The molecule has 2 fully saturated rings. The summed E-state index contributed by atoms with van der Waals surface area (Å²) in [5.41, 5.74) is 0. The summed E-state index contributed by atoms with van der Waals surface area (Å²) in [4.78, 5) is 13.5. The Balaban J connectivity index is 1.86. The summed E-state index contributed by atoms with van der Waals surface area (Å²) in [6.07, 6.45) is 0.764. The standard InChI is InChI=1S/C10H17NO4S/c1-2-16(13,14)9-5-11(6-9)10(12)8-3-4-15-7-8/h8-9H,2-7H2,1H3. The van der Waals surface area contributed by atoms with E-state index in [1.54, 1.807) is 11.8 Å². The largest absolute Gasteiger partial charge is 0.381 e. The smallest absolute Gasteiger partial charge is 0.228 e. The molecule has 2 saturated heterocycles. The average molecular weight is 247 g/mol. The normalized spacial score (nSPS) is 26.8. The van der Waals surface area contributed by atoms with E-state index < -0.39 is 9.84 Å². The monoisotopic (exact) mass is 247 g/mol. The quantitative estimate of drug-likeness (QED) is 0.685. The van der Waals surface area contributed by atoms with Crippen LogP contribution in [0.1, 0.15) is 13.3 Å². The number of ether oxygens (including phenoxy) is 1. The van der Waals surface area contributed by atoms with Gasteiger partial charge >= 0.3 is 0 Å². The maximum atomic E-state index is 11.8. The van der Waals surface area contributed by atoms with Gasteiger partial charge in [-0.3, -0.25) is 4.79 Å². The van der Waals surface area contributed by atoms with Gasteiger partial charge in [-0.1, -0.05) is 6.92 Å². The molecule has 92 valence electrons. The van der Waals surface area contributed by atoms with E-state index in [0.29, 0.717) is 26.3 Å². The highest BCUT2D eigenvalue weighted by molar-refractivity contribution is 7.92. The van der Waals surface area contributed by atoms with Crippen molar-refractivity contribution in [1.29, 1.82) is 0 Å². The molecule has 0 spiro atoms. The van der Waals surface area contributed by atoms with Gasteiger partial charge in [-0.2, -0.15) is 0 Å². The maximum Gasteiger partial charge on any atom is 0.228 e. The lowest BCUT2D eigenvalue weighted by atomic mass is 10.0. The van der Waals surface area contributed by atoms with E-state index in [0.717, 1.165) is 6.42 Å². The van der Waals surface area contributed by atoms with E-state index in [9.17, 15) is 13.2 Å². The Morgan fingerprint density at radius 1 is 1.44 bits per heavy atom. The number of carbonyl (C=O) groups is 1. The van der Waals surface area contributed by atoms with Crippen molar-refractivity contribution in [3.63, 3.8) is 0 Å². The first-order valence-electron chi connectivity index (χ1n) is 5.62. The Bertz CT molecular complexity index is 366. The van der Waals surface area contributed by atoms with Crippen LogP contribution in [-0.2, 0) is 19.4 Å². The number of carbonyl (C=O) groups excluding carboxylic acids is 1. The Morgan fingerprint density at radius 3 is 2.62 bits per heavy atom. The molecule has 2 heterocycles. The predicted octanol–water partition coefficient (Wildman–Crippen LogP) is -0.332. The summed E-state index contributed by atoms with van der Waals surface area (Å²) in [6, 6.07) is 0. The Hall–Kier alpha value is -0.620. The molecule has 0 aromatic carbocycles. The first kappa shape index (κ1) is 11.9.